The number of nitrogens with one attached hydrogen (secondary N) is 1. The van der Waals surface area contributed by atoms with Crippen molar-refractivity contribution in [2.75, 3.05) is 5.32 Å². The monoisotopic (exact) mass is 293 g/mol. The van der Waals surface area contributed by atoms with Crippen molar-refractivity contribution in [2.45, 2.75) is 36.7 Å². The summed E-state index contributed by atoms with van der Waals surface area (Å²) in [5.41, 5.74) is -4.46. The molecule has 1 atom stereocenters. The maximum Gasteiger partial charge on any atom is 0.501 e. The van der Waals surface area contributed by atoms with E-state index in [2.05, 4.69) is 19.2 Å². The average molecular weight is 293 g/mol. The van der Waals surface area contributed by atoms with Crippen LogP contribution in [-0.2, 0) is 9.84 Å². The normalized spacial score (nSPS) is 22.1. The zero-order chi connectivity index (χ0) is 14.5. The fraction of sp³-hybridized carbons (Fsp3) is 0.500. The smallest absolute Gasteiger partial charge is 0.382 e. The third-order valence-corrected chi connectivity index (χ3v) is 4.83. The van der Waals surface area contributed by atoms with Crippen LogP contribution in [0.3, 0.4) is 0 Å². The standard InChI is InChI=1S/C12H14F3NO2S/c1-11(2)7-10(11)16-8-3-5-9(6-4-8)19(17,18)12(13,14)15/h3-6,10,16H,7H2,1-2H3. The lowest BCUT2D eigenvalue weighted by molar-refractivity contribution is -0.0436. The zero-order valence-corrected chi connectivity index (χ0v) is 11.3. The molecule has 0 bridgehead atoms. The van der Waals surface area contributed by atoms with Gasteiger partial charge in [0.05, 0.1) is 4.90 Å². The van der Waals surface area contributed by atoms with Crippen LogP contribution in [0, 0.1) is 5.41 Å². The van der Waals surface area contributed by atoms with E-state index in [0.29, 0.717) is 5.69 Å². The minimum absolute atomic E-state index is 0.177. The number of hydrogen-bond acceptors (Lipinski definition) is 3. The van der Waals surface area contributed by atoms with Crippen molar-refractivity contribution in [3.05, 3.63) is 24.3 Å². The first kappa shape index (κ1) is 14.2. The van der Waals surface area contributed by atoms with Crippen LogP contribution in [0.5, 0.6) is 0 Å². The van der Waals surface area contributed by atoms with Gasteiger partial charge in [0.15, 0.2) is 0 Å². The minimum atomic E-state index is -5.26. The quantitative estimate of drug-likeness (QED) is 0.931. The molecule has 1 saturated carbocycles. The molecule has 1 aromatic carbocycles. The Kier molecular flexibility index (Phi) is 3.08. The van der Waals surface area contributed by atoms with Crippen LogP contribution >= 0.6 is 0 Å². The van der Waals surface area contributed by atoms with Gasteiger partial charge in [0.1, 0.15) is 0 Å². The van der Waals surface area contributed by atoms with Gasteiger partial charge in [0.2, 0.25) is 0 Å². The van der Waals surface area contributed by atoms with E-state index in [1.54, 1.807) is 0 Å². The molecule has 1 aliphatic rings. The third-order valence-electron chi connectivity index (χ3n) is 3.32. The highest BCUT2D eigenvalue weighted by Crippen LogP contribution is 2.46. The van der Waals surface area contributed by atoms with E-state index in [1.807, 2.05) is 0 Å². The molecule has 0 spiro atoms. The average Bonchev–Trinajstić information content (AvgIpc) is 2.85. The molecule has 1 fully saturated rings. The van der Waals surface area contributed by atoms with Crippen LogP contribution in [0.25, 0.3) is 0 Å². The van der Waals surface area contributed by atoms with Crippen molar-refractivity contribution in [3.63, 3.8) is 0 Å². The van der Waals surface area contributed by atoms with Gasteiger partial charge in [-0.1, -0.05) is 13.8 Å². The van der Waals surface area contributed by atoms with E-state index < -0.39 is 20.2 Å². The second-order valence-corrected chi connectivity index (χ2v) is 7.30. The van der Waals surface area contributed by atoms with E-state index in [4.69, 9.17) is 0 Å². The highest BCUT2D eigenvalue weighted by molar-refractivity contribution is 7.92. The van der Waals surface area contributed by atoms with E-state index in [9.17, 15) is 21.6 Å². The number of anilines is 1. The first-order chi connectivity index (χ1) is 8.54. The fourth-order valence-corrected chi connectivity index (χ4v) is 2.54. The predicted octanol–water partition coefficient (Wildman–Crippen LogP) is 3.19. The van der Waals surface area contributed by atoms with Gasteiger partial charge in [-0.25, -0.2) is 8.42 Å². The molecule has 1 unspecified atom stereocenters. The summed E-state index contributed by atoms with van der Waals surface area (Å²) in [6, 6.07) is 4.93. The van der Waals surface area contributed by atoms with Crippen LogP contribution in [-0.4, -0.2) is 20.0 Å². The Labute approximate surface area is 109 Å². The first-order valence-corrected chi connectivity index (χ1v) is 7.20. The molecule has 0 aromatic heterocycles. The number of benzene rings is 1. The van der Waals surface area contributed by atoms with Gasteiger partial charge in [0, 0.05) is 11.7 Å². The number of hydrogen-bond donors (Lipinski definition) is 1. The zero-order valence-electron chi connectivity index (χ0n) is 10.5. The maximum atomic E-state index is 12.3. The summed E-state index contributed by atoms with van der Waals surface area (Å²) in [5.74, 6) is 0. The molecule has 1 aromatic rings. The summed E-state index contributed by atoms with van der Waals surface area (Å²) in [7, 11) is -5.26. The Morgan fingerprint density at radius 1 is 1.21 bits per heavy atom. The molecule has 106 valence electrons. The lowest BCUT2D eigenvalue weighted by Crippen LogP contribution is -2.23. The summed E-state index contributed by atoms with van der Waals surface area (Å²) < 4.78 is 59.3. The van der Waals surface area contributed by atoms with Crippen LogP contribution < -0.4 is 5.32 Å². The molecule has 3 nitrogen and oxygen atoms in total. The van der Waals surface area contributed by atoms with Gasteiger partial charge in [0.25, 0.3) is 9.84 Å². The molecule has 0 saturated heterocycles. The lowest BCUT2D eigenvalue weighted by Gasteiger charge is -2.10. The molecular formula is C12H14F3NO2S. The highest BCUT2D eigenvalue weighted by Gasteiger charge is 2.47. The molecule has 19 heavy (non-hydrogen) atoms. The largest absolute Gasteiger partial charge is 0.501 e. The van der Waals surface area contributed by atoms with Crippen molar-refractivity contribution < 1.29 is 21.6 Å². The van der Waals surface area contributed by atoms with Gasteiger partial charge in [-0.2, -0.15) is 13.2 Å². The van der Waals surface area contributed by atoms with Gasteiger partial charge in [-0.15, -0.1) is 0 Å². The van der Waals surface area contributed by atoms with E-state index in [-0.39, 0.29) is 11.5 Å². The van der Waals surface area contributed by atoms with Gasteiger partial charge in [-0.3, -0.25) is 0 Å². The summed E-state index contributed by atoms with van der Waals surface area (Å²) in [6.07, 6.45) is 0.982. The molecular weight excluding hydrogens is 279 g/mol. The lowest BCUT2D eigenvalue weighted by atomic mass is 10.2. The Bertz CT molecular complexity index is 576. The SMILES string of the molecule is CC1(C)CC1Nc1ccc(S(=O)(=O)C(F)(F)F)cc1. The second-order valence-electron chi connectivity index (χ2n) is 5.36. The van der Waals surface area contributed by atoms with Gasteiger partial charge >= 0.3 is 5.51 Å². The number of alkyl halides is 3. The van der Waals surface area contributed by atoms with Gasteiger partial charge < -0.3 is 5.32 Å². The Morgan fingerprint density at radius 3 is 2.05 bits per heavy atom. The van der Waals surface area contributed by atoms with Crippen molar-refractivity contribution in [3.8, 4) is 0 Å². The molecule has 1 N–H and O–H groups in total. The molecule has 7 heteroatoms. The maximum absolute atomic E-state index is 12.3. The summed E-state index contributed by atoms with van der Waals surface area (Å²) in [6.45, 7) is 4.15. The molecule has 1 aliphatic carbocycles. The van der Waals surface area contributed by atoms with Crippen molar-refractivity contribution >= 4 is 15.5 Å². The molecule has 2 rings (SSSR count). The van der Waals surface area contributed by atoms with Crippen LogP contribution in [0.15, 0.2) is 29.2 Å². The molecule has 0 aliphatic heterocycles. The second kappa shape index (κ2) is 4.13. The van der Waals surface area contributed by atoms with Crippen molar-refractivity contribution in [1.29, 1.82) is 0 Å². The van der Waals surface area contributed by atoms with Crippen molar-refractivity contribution in [1.82, 2.24) is 0 Å². The third kappa shape index (κ3) is 2.70. The van der Waals surface area contributed by atoms with Crippen LogP contribution in [0.1, 0.15) is 20.3 Å². The Hall–Kier alpha value is -1.24. The van der Waals surface area contributed by atoms with E-state index in [0.717, 1.165) is 18.6 Å². The van der Waals surface area contributed by atoms with Crippen LogP contribution in [0.4, 0.5) is 18.9 Å². The summed E-state index contributed by atoms with van der Waals surface area (Å²) in [5, 5.41) is 3.15. The molecule has 0 radical (unpaired) electrons. The Balaban J connectivity index is 2.16. The van der Waals surface area contributed by atoms with Gasteiger partial charge in [-0.05, 0) is 36.1 Å². The minimum Gasteiger partial charge on any atom is -0.382 e. The van der Waals surface area contributed by atoms with E-state index >= 15 is 0 Å². The van der Waals surface area contributed by atoms with E-state index in [1.165, 1.54) is 12.1 Å². The first-order valence-electron chi connectivity index (χ1n) is 5.72. The van der Waals surface area contributed by atoms with Crippen molar-refractivity contribution in [2.24, 2.45) is 5.41 Å². The fourth-order valence-electron chi connectivity index (χ4n) is 1.78. The summed E-state index contributed by atoms with van der Waals surface area (Å²) in [4.78, 5) is -0.736. The van der Waals surface area contributed by atoms with Crippen LogP contribution in [0.2, 0.25) is 0 Å². The number of sulfone groups is 1. The number of rotatable bonds is 3. The Morgan fingerprint density at radius 2 is 1.68 bits per heavy atom. The number of halogens is 3. The molecule has 0 amide bonds. The highest BCUT2D eigenvalue weighted by atomic mass is 32.2. The topological polar surface area (TPSA) is 46.2 Å². The molecule has 0 heterocycles. The summed E-state index contributed by atoms with van der Waals surface area (Å²) >= 11 is 0. The predicted molar refractivity (Wildman–Crippen MR) is 65.5 cm³/mol.